The molecule has 2 rings (SSSR count). The maximum atomic E-state index is 12.0. The Morgan fingerprint density at radius 1 is 1.11 bits per heavy atom. The van der Waals surface area contributed by atoms with Gasteiger partial charge in [-0.15, -0.1) is 6.58 Å². The van der Waals surface area contributed by atoms with E-state index in [1.165, 1.54) is 24.3 Å². The first kappa shape index (κ1) is 13.6. The van der Waals surface area contributed by atoms with Gasteiger partial charge in [-0.1, -0.05) is 29.3 Å². The van der Waals surface area contributed by atoms with E-state index in [1.54, 1.807) is 0 Å². The number of benzene rings is 1. The third-order valence-corrected chi connectivity index (χ3v) is 3.27. The van der Waals surface area contributed by atoms with Gasteiger partial charge in [0.1, 0.15) is 0 Å². The van der Waals surface area contributed by atoms with Crippen LogP contribution in [0.25, 0.3) is 0 Å². The van der Waals surface area contributed by atoms with E-state index in [4.69, 9.17) is 23.2 Å². The molecule has 0 bridgehead atoms. The molecular weight excluding hydrogens is 291 g/mol. The summed E-state index contributed by atoms with van der Waals surface area (Å²) in [6.45, 7) is 3.40. The SMILES string of the molecule is C=CCN1C(=O)C(=O)N(c2ccc(Cl)c(Cl)c2)C1=O. The van der Waals surface area contributed by atoms with Crippen molar-refractivity contribution < 1.29 is 14.4 Å². The molecule has 1 fully saturated rings. The highest BCUT2D eigenvalue weighted by atomic mass is 35.5. The molecule has 1 saturated heterocycles. The van der Waals surface area contributed by atoms with Gasteiger partial charge in [-0.05, 0) is 18.2 Å². The third-order valence-electron chi connectivity index (χ3n) is 2.53. The highest BCUT2D eigenvalue weighted by Gasteiger charge is 2.44. The second kappa shape index (κ2) is 5.03. The molecule has 0 spiro atoms. The number of anilines is 1. The summed E-state index contributed by atoms with van der Waals surface area (Å²) in [5.74, 6) is -1.82. The first-order valence-electron chi connectivity index (χ1n) is 5.23. The van der Waals surface area contributed by atoms with Crippen LogP contribution < -0.4 is 4.90 Å². The van der Waals surface area contributed by atoms with Gasteiger partial charge >= 0.3 is 17.8 Å². The van der Waals surface area contributed by atoms with Gasteiger partial charge in [0.2, 0.25) is 0 Å². The number of halogens is 2. The van der Waals surface area contributed by atoms with Crippen molar-refractivity contribution >= 4 is 46.7 Å². The molecule has 1 aromatic carbocycles. The second-order valence-corrected chi connectivity index (χ2v) is 4.54. The van der Waals surface area contributed by atoms with Gasteiger partial charge in [0.15, 0.2) is 0 Å². The van der Waals surface area contributed by atoms with Gasteiger partial charge in [-0.3, -0.25) is 14.5 Å². The summed E-state index contributed by atoms with van der Waals surface area (Å²) >= 11 is 11.6. The quantitative estimate of drug-likeness (QED) is 0.489. The Kier molecular flexibility index (Phi) is 3.59. The number of nitrogens with zero attached hydrogens (tertiary/aromatic N) is 2. The van der Waals surface area contributed by atoms with Gasteiger partial charge < -0.3 is 0 Å². The van der Waals surface area contributed by atoms with E-state index in [-0.39, 0.29) is 17.3 Å². The Morgan fingerprint density at radius 2 is 1.79 bits per heavy atom. The zero-order chi connectivity index (χ0) is 14.2. The molecule has 0 N–H and O–H groups in total. The molecule has 19 heavy (non-hydrogen) atoms. The van der Waals surface area contributed by atoms with Crippen molar-refractivity contribution in [2.24, 2.45) is 0 Å². The number of imide groups is 2. The first-order chi connectivity index (χ1) is 8.97. The van der Waals surface area contributed by atoms with Gasteiger partial charge in [0, 0.05) is 6.54 Å². The van der Waals surface area contributed by atoms with E-state index in [0.29, 0.717) is 5.02 Å². The molecule has 0 unspecified atom stereocenters. The van der Waals surface area contributed by atoms with Gasteiger partial charge in [0.05, 0.1) is 15.7 Å². The number of carbonyl (C=O) groups excluding carboxylic acids is 3. The van der Waals surface area contributed by atoms with E-state index in [1.807, 2.05) is 0 Å². The summed E-state index contributed by atoms with van der Waals surface area (Å²) in [4.78, 5) is 37.0. The second-order valence-electron chi connectivity index (χ2n) is 3.73. The summed E-state index contributed by atoms with van der Waals surface area (Å²) in [6.07, 6.45) is 1.36. The molecule has 0 radical (unpaired) electrons. The minimum absolute atomic E-state index is 0.0266. The van der Waals surface area contributed by atoms with Crippen LogP contribution in [-0.2, 0) is 9.59 Å². The Hall–Kier alpha value is -1.85. The number of carbonyl (C=O) groups is 3. The summed E-state index contributed by atoms with van der Waals surface area (Å²) in [5, 5.41) is 0.480. The molecule has 1 heterocycles. The van der Waals surface area contributed by atoms with Gasteiger partial charge in [-0.25, -0.2) is 9.69 Å². The summed E-state index contributed by atoms with van der Waals surface area (Å²) in [7, 11) is 0. The molecule has 5 nitrogen and oxygen atoms in total. The summed E-state index contributed by atoms with van der Waals surface area (Å²) in [6, 6.07) is 3.51. The smallest absolute Gasteiger partial charge is 0.263 e. The molecule has 0 atom stereocenters. The lowest BCUT2D eigenvalue weighted by Crippen LogP contribution is -2.33. The summed E-state index contributed by atoms with van der Waals surface area (Å²) < 4.78 is 0. The monoisotopic (exact) mass is 298 g/mol. The van der Waals surface area contributed by atoms with Crippen LogP contribution in [0.2, 0.25) is 10.0 Å². The average Bonchev–Trinajstić information content (AvgIpc) is 2.58. The van der Waals surface area contributed by atoms with Crippen molar-refractivity contribution in [2.45, 2.75) is 0 Å². The standard InChI is InChI=1S/C12H8Cl2N2O3/c1-2-5-15-10(17)11(18)16(12(15)19)7-3-4-8(13)9(14)6-7/h2-4,6H,1,5H2. The maximum absolute atomic E-state index is 12.0. The summed E-state index contributed by atoms with van der Waals surface area (Å²) in [5.41, 5.74) is 0.198. The topological polar surface area (TPSA) is 57.7 Å². The maximum Gasteiger partial charge on any atom is 0.339 e. The van der Waals surface area contributed by atoms with E-state index in [9.17, 15) is 14.4 Å². The molecule has 1 aromatic rings. The highest BCUT2D eigenvalue weighted by molar-refractivity contribution is 6.53. The zero-order valence-corrected chi connectivity index (χ0v) is 11.1. The minimum atomic E-state index is -0.926. The van der Waals surface area contributed by atoms with Crippen LogP contribution in [-0.4, -0.2) is 29.3 Å². The van der Waals surface area contributed by atoms with E-state index < -0.39 is 17.8 Å². The van der Waals surface area contributed by atoms with Crippen molar-refractivity contribution in [2.75, 3.05) is 11.4 Å². The van der Waals surface area contributed by atoms with Crippen LogP contribution in [0.4, 0.5) is 10.5 Å². The lowest BCUT2D eigenvalue weighted by molar-refractivity contribution is -0.139. The van der Waals surface area contributed by atoms with Gasteiger partial charge in [-0.2, -0.15) is 0 Å². The van der Waals surface area contributed by atoms with Crippen molar-refractivity contribution in [1.82, 2.24) is 4.90 Å². The van der Waals surface area contributed by atoms with Crippen LogP contribution in [0.15, 0.2) is 30.9 Å². The van der Waals surface area contributed by atoms with E-state index >= 15 is 0 Å². The Labute approximate surface area is 119 Å². The molecule has 0 aliphatic carbocycles. The number of hydrogen-bond acceptors (Lipinski definition) is 3. The van der Waals surface area contributed by atoms with Crippen molar-refractivity contribution in [3.05, 3.63) is 40.9 Å². The zero-order valence-electron chi connectivity index (χ0n) is 9.60. The number of urea groups is 1. The molecule has 7 heteroatoms. The molecular formula is C12H8Cl2N2O3. The predicted octanol–water partition coefficient (Wildman–Crippen LogP) is 2.47. The fourth-order valence-electron chi connectivity index (χ4n) is 1.65. The molecule has 0 saturated carbocycles. The Morgan fingerprint density at radius 3 is 2.37 bits per heavy atom. The van der Waals surface area contributed by atoms with Crippen molar-refractivity contribution in [3.8, 4) is 0 Å². The van der Waals surface area contributed by atoms with Crippen LogP contribution in [0.5, 0.6) is 0 Å². The van der Waals surface area contributed by atoms with Crippen LogP contribution >= 0.6 is 23.2 Å². The number of amides is 4. The normalized spacial score (nSPS) is 15.4. The Bertz CT molecular complexity index is 601. The first-order valence-corrected chi connectivity index (χ1v) is 5.99. The average molecular weight is 299 g/mol. The van der Waals surface area contributed by atoms with Crippen LogP contribution in [0.3, 0.4) is 0 Å². The van der Waals surface area contributed by atoms with Crippen LogP contribution in [0, 0.1) is 0 Å². The molecule has 4 amide bonds. The highest BCUT2D eigenvalue weighted by Crippen LogP contribution is 2.29. The number of rotatable bonds is 3. The molecule has 0 aromatic heterocycles. The lowest BCUT2D eigenvalue weighted by atomic mass is 10.3. The molecule has 98 valence electrons. The largest absolute Gasteiger partial charge is 0.339 e. The predicted molar refractivity (Wildman–Crippen MR) is 71.3 cm³/mol. The van der Waals surface area contributed by atoms with Crippen molar-refractivity contribution in [1.29, 1.82) is 0 Å². The van der Waals surface area contributed by atoms with Crippen molar-refractivity contribution in [3.63, 3.8) is 0 Å². The third kappa shape index (κ3) is 2.22. The lowest BCUT2D eigenvalue weighted by Gasteiger charge is -2.14. The fourth-order valence-corrected chi connectivity index (χ4v) is 1.94. The van der Waals surface area contributed by atoms with E-state index in [0.717, 1.165) is 9.80 Å². The minimum Gasteiger partial charge on any atom is -0.263 e. The fraction of sp³-hybridized carbons (Fsp3) is 0.0833. The van der Waals surface area contributed by atoms with Crippen LogP contribution in [0.1, 0.15) is 0 Å². The number of hydrogen-bond donors (Lipinski definition) is 0. The Balaban J connectivity index is 2.42. The molecule has 1 aliphatic rings. The van der Waals surface area contributed by atoms with Gasteiger partial charge in [0.25, 0.3) is 0 Å². The van der Waals surface area contributed by atoms with E-state index in [2.05, 4.69) is 6.58 Å². The molecule has 1 aliphatic heterocycles.